The number of nitrogens with zero attached hydrogens (tertiary/aromatic N) is 5. The van der Waals surface area contributed by atoms with Gasteiger partial charge in [0.2, 0.25) is 21.7 Å². The van der Waals surface area contributed by atoms with Gasteiger partial charge in [0.15, 0.2) is 0 Å². The third kappa shape index (κ3) is 5.91. The molecule has 10 nitrogen and oxygen atoms in total. The Morgan fingerprint density at radius 2 is 1.74 bits per heavy atom. The van der Waals surface area contributed by atoms with Crippen LogP contribution in [0.5, 0.6) is 0 Å². The monoisotopic (exact) mass is 569 g/mol. The van der Waals surface area contributed by atoms with E-state index in [9.17, 15) is 13.2 Å². The first-order valence-corrected chi connectivity index (χ1v) is 14.1. The van der Waals surface area contributed by atoms with Gasteiger partial charge >= 0.3 is 6.09 Å². The van der Waals surface area contributed by atoms with Crippen LogP contribution in [-0.2, 0) is 14.8 Å². The zero-order valence-electron chi connectivity index (χ0n) is 21.7. The van der Waals surface area contributed by atoms with Gasteiger partial charge in [-0.25, -0.2) is 13.2 Å². The van der Waals surface area contributed by atoms with Gasteiger partial charge in [-0.05, 0) is 66.4 Å². The number of aryl methyl sites for hydroxylation is 1. The van der Waals surface area contributed by atoms with E-state index in [1.807, 2.05) is 36.2 Å². The van der Waals surface area contributed by atoms with Gasteiger partial charge in [-0.3, -0.25) is 4.90 Å². The molecule has 1 aliphatic heterocycles. The van der Waals surface area contributed by atoms with Gasteiger partial charge in [0.1, 0.15) is 6.10 Å². The van der Waals surface area contributed by atoms with Crippen LogP contribution in [-0.4, -0.2) is 80.2 Å². The standard InChI is InChI=1S/C27H28ClN5O5S/c1-18-29-26(30-38-18)19-5-9-23(10-6-19)33-17-24(37-27(33)34)16-31(2)12-13-32(3)39(35,36)25-11-7-20-14-22(28)8-4-21(20)15-25/h4-11,14-15,24H,12-13,16-17H2,1-3H3. The van der Waals surface area contributed by atoms with Crippen LogP contribution < -0.4 is 4.90 Å². The molecule has 4 aromatic rings. The van der Waals surface area contributed by atoms with Gasteiger partial charge in [-0.1, -0.05) is 28.9 Å². The Kier molecular flexibility index (Phi) is 7.59. The minimum Gasteiger partial charge on any atom is -0.443 e. The lowest BCUT2D eigenvalue weighted by molar-refractivity contribution is 0.116. The van der Waals surface area contributed by atoms with Gasteiger partial charge in [0.25, 0.3) is 0 Å². The number of hydrogen-bond donors (Lipinski definition) is 0. The van der Waals surface area contributed by atoms with E-state index >= 15 is 0 Å². The molecule has 2 heterocycles. The minimum absolute atomic E-state index is 0.225. The summed E-state index contributed by atoms with van der Waals surface area (Å²) in [5.41, 5.74) is 1.49. The molecule has 12 heteroatoms. The van der Waals surface area contributed by atoms with E-state index < -0.39 is 16.1 Å². The van der Waals surface area contributed by atoms with E-state index in [2.05, 4.69) is 10.1 Å². The number of hydrogen-bond acceptors (Lipinski definition) is 8. The van der Waals surface area contributed by atoms with E-state index in [0.29, 0.717) is 42.1 Å². The molecule has 1 unspecified atom stereocenters. The molecular weight excluding hydrogens is 542 g/mol. The fourth-order valence-corrected chi connectivity index (χ4v) is 5.82. The number of cyclic esters (lactones) is 1. The van der Waals surface area contributed by atoms with Crippen LogP contribution in [0.3, 0.4) is 0 Å². The number of likely N-dealkylation sites (N-methyl/N-ethyl adjacent to an activating group) is 2. The second-order valence-corrected chi connectivity index (χ2v) is 12.0. The third-order valence-electron chi connectivity index (χ3n) is 6.63. The van der Waals surface area contributed by atoms with E-state index in [-0.39, 0.29) is 17.5 Å². The van der Waals surface area contributed by atoms with Crippen molar-refractivity contribution in [3.63, 3.8) is 0 Å². The summed E-state index contributed by atoms with van der Waals surface area (Å²) in [6.45, 7) is 3.32. The molecule has 204 valence electrons. The SMILES string of the molecule is Cc1nc(-c2ccc(N3CC(CN(C)CCN(C)S(=O)(=O)c4ccc5cc(Cl)ccc5c4)OC3=O)cc2)no1. The number of anilines is 1. The summed E-state index contributed by atoms with van der Waals surface area (Å²) in [5.74, 6) is 0.965. The predicted molar refractivity (Wildman–Crippen MR) is 148 cm³/mol. The number of aromatic nitrogens is 2. The molecule has 1 aromatic heterocycles. The van der Waals surface area contributed by atoms with Crippen molar-refractivity contribution in [2.24, 2.45) is 0 Å². The summed E-state index contributed by atoms with van der Waals surface area (Å²) >= 11 is 6.04. The lowest BCUT2D eigenvalue weighted by Gasteiger charge is -2.23. The Balaban J connectivity index is 1.15. The lowest BCUT2D eigenvalue weighted by Crippen LogP contribution is -2.38. The molecule has 0 radical (unpaired) electrons. The van der Waals surface area contributed by atoms with E-state index in [1.165, 1.54) is 4.31 Å². The molecule has 0 aliphatic carbocycles. The summed E-state index contributed by atoms with van der Waals surface area (Å²) < 4.78 is 38.2. The molecule has 1 fully saturated rings. The minimum atomic E-state index is -3.67. The normalized spacial score (nSPS) is 16.0. The van der Waals surface area contributed by atoms with E-state index in [0.717, 1.165) is 16.3 Å². The first-order chi connectivity index (χ1) is 18.6. The Morgan fingerprint density at radius 1 is 1.03 bits per heavy atom. The molecule has 1 amide bonds. The zero-order chi connectivity index (χ0) is 27.7. The average Bonchev–Trinajstić information content (AvgIpc) is 3.51. The van der Waals surface area contributed by atoms with Gasteiger partial charge in [0.05, 0.1) is 11.4 Å². The molecule has 0 bridgehead atoms. The number of halogens is 1. The lowest BCUT2D eigenvalue weighted by atomic mass is 10.1. The highest BCUT2D eigenvalue weighted by molar-refractivity contribution is 7.89. The van der Waals surface area contributed by atoms with Crippen molar-refractivity contribution >= 4 is 44.2 Å². The highest BCUT2D eigenvalue weighted by Crippen LogP contribution is 2.26. The number of carbonyl (C=O) groups is 1. The molecule has 1 atom stereocenters. The number of ether oxygens (including phenoxy) is 1. The van der Waals surface area contributed by atoms with Crippen LogP contribution in [0.15, 0.2) is 70.1 Å². The fraction of sp³-hybridized carbons (Fsp3) is 0.296. The number of sulfonamides is 1. The Hall–Kier alpha value is -3.51. The Morgan fingerprint density at radius 3 is 2.46 bits per heavy atom. The highest BCUT2D eigenvalue weighted by Gasteiger charge is 2.33. The molecule has 1 aliphatic rings. The maximum atomic E-state index is 13.2. The third-order valence-corrected chi connectivity index (χ3v) is 8.72. The van der Waals surface area contributed by atoms with Crippen molar-refractivity contribution < 1.29 is 22.5 Å². The number of benzene rings is 3. The van der Waals surface area contributed by atoms with E-state index in [1.54, 1.807) is 55.3 Å². The van der Waals surface area contributed by atoms with Crippen LogP contribution in [0.25, 0.3) is 22.2 Å². The molecule has 39 heavy (non-hydrogen) atoms. The maximum absolute atomic E-state index is 13.2. The maximum Gasteiger partial charge on any atom is 0.414 e. The summed E-state index contributed by atoms with van der Waals surface area (Å²) in [6.07, 6.45) is -0.773. The van der Waals surface area contributed by atoms with Gasteiger partial charge in [0, 0.05) is 49.9 Å². The second-order valence-electron chi connectivity index (χ2n) is 9.54. The van der Waals surface area contributed by atoms with Crippen molar-refractivity contribution in [1.82, 2.24) is 19.3 Å². The number of fused-ring (bicyclic) bond motifs is 1. The Bertz CT molecular complexity index is 1610. The number of amides is 1. The first-order valence-electron chi connectivity index (χ1n) is 12.3. The summed E-state index contributed by atoms with van der Waals surface area (Å²) in [7, 11) is -0.239. The molecule has 0 saturated carbocycles. The van der Waals surface area contributed by atoms with Crippen molar-refractivity contribution in [2.45, 2.75) is 17.9 Å². The smallest absolute Gasteiger partial charge is 0.414 e. The van der Waals surface area contributed by atoms with Crippen molar-refractivity contribution in [1.29, 1.82) is 0 Å². The molecular formula is C27H28ClN5O5S. The van der Waals surface area contributed by atoms with Gasteiger partial charge < -0.3 is 14.2 Å². The zero-order valence-corrected chi connectivity index (χ0v) is 23.3. The summed E-state index contributed by atoms with van der Waals surface area (Å²) in [6, 6.07) is 17.6. The number of rotatable bonds is 9. The second kappa shape index (κ2) is 10.9. The highest BCUT2D eigenvalue weighted by atomic mass is 35.5. The molecule has 0 N–H and O–H groups in total. The largest absolute Gasteiger partial charge is 0.443 e. The predicted octanol–water partition coefficient (Wildman–Crippen LogP) is 4.43. The number of carbonyl (C=O) groups excluding carboxylic acids is 1. The first kappa shape index (κ1) is 27.1. The molecule has 0 spiro atoms. The molecule has 3 aromatic carbocycles. The van der Waals surface area contributed by atoms with Crippen LogP contribution in [0, 0.1) is 6.92 Å². The quantitative estimate of drug-likeness (QED) is 0.291. The van der Waals surface area contributed by atoms with Crippen molar-refractivity contribution in [3.8, 4) is 11.4 Å². The van der Waals surface area contributed by atoms with Gasteiger partial charge in [-0.15, -0.1) is 0 Å². The fourth-order valence-electron chi connectivity index (χ4n) is 4.44. The van der Waals surface area contributed by atoms with Gasteiger partial charge in [-0.2, -0.15) is 9.29 Å². The molecule has 1 saturated heterocycles. The summed E-state index contributed by atoms with van der Waals surface area (Å²) in [5, 5.41) is 6.19. The van der Waals surface area contributed by atoms with Crippen LogP contribution in [0.4, 0.5) is 10.5 Å². The average molecular weight is 570 g/mol. The van der Waals surface area contributed by atoms with Crippen LogP contribution in [0.2, 0.25) is 5.02 Å². The van der Waals surface area contributed by atoms with Crippen molar-refractivity contribution in [2.75, 3.05) is 45.2 Å². The summed E-state index contributed by atoms with van der Waals surface area (Å²) in [4.78, 5) is 20.5. The van der Waals surface area contributed by atoms with Crippen molar-refractivity contribution in [3.05, 3.63) is 71.6 Å². The molecule has 5 rings (SSSR count). The van der Waals surface area contributed by atoms with E-state index in [4.69, 9.17) is 20.9 Å². The van der Waals surface area contributed by atoms with Crippen LogP contribution in [0.1, 0.15) is 5.89 Å². The van der Waals surface area contributed by atoms with Crippen LogP contribution >= 0.6 is 11.6 Å². The topological polar surface area (TPSA) is 109 Å². The Labute approximate surface area is 231 Å².